The van der Waals surface area contributed by atoms with E-state index in [0.29, 0.717) is 5.56 Å². The first-order valence-corrected chi connectivity index (χ1v) is 6.66. The quantitative estimate of drug-likeness (QED) is 0.856. The third-order valence-corrected chi connectivity index (χ3v) is 3.71. The van der Waals surface area contributed by atoms with E-state index in [1.54, 1.807) is 18.3 Å². The lowest BCUT2D eigenvalue weighted by molar-refractivity contribution is 0.0717. The third-order valence-electron chi connectivity index (χ3n) is 3.71. The highest BCUT2D eigenvalue weighted by Crippen LogP contribution is 2.18. The molecule has 0 bridgehead atoms. The fourth-order valence-electron chi connectivity index (χ4n) is 2.58. The number of carbonyl (C=O) groups excluding carboxylic acids is 1. The van der Waals surface area contributed by atoms with Gasteiger partial charge < -0.3 is 14.8 Å². The van der Waals surface area contributed by atoms with Crippen molar-refractivity contribution < 1.29 is 9.90 Å². The number of nitrogens with zero attached hydrogens (tertiary/aromatic N) is 2. The lowest BCUT2D eigenvalue weighted by atomic mass is 9.92. The number of aromatic nitrogens is 2. The average molecular weight is 259 g/mol. The van der Waals surface area contributed by atoms with Crippen molar-refractivity contribution in [1.29, 1.82) is 0 Å². The van der Waals surface area contributed by atoms with E-state index in [4.69, 9.17) is 0 Å². The topological polar surface area (TPSA) is 66.6 Å². The minimum absolute atomic E-state index is 0.128. The van der Waals surface area contributed by atoms with Crippen molar-refractivity contribution in [2.75, 3.05) is 0 Å². The monoisotopic (exact) mass is 259 g/mol. The molecule has 2 aromatic rings. The van der Waals surface area contributed by atoms with Crippen LogP contribution in [0.4, 0.5) is 0 Å². The number of aliphatic hydroxyl groups is 1. The van der Waals surface area contributed by atoms with Crippen LogP contribution in [0, 0.1) is 0 Å². The largest absolute Gasteiger partial charge is 0.391 e. The van der Waals surface area contributed by atoms with Crippen LogP contribution in [-0.4, -0.2) is 32.5 Å². The van der Waals surface area contributed by atoms with Gasteiger partial charge in [-0.15, -0.1) is 0 Å². The molecule has 2 N–H and O–H groups in total. The molecule has 3 rings (SSSR count). The summed E-state index contributed by atoms with van der Waals surface area (Å²) in [5, 5.41) is 12.8. The van der Waals surface area contributed by atoms with Gasteiger partial charge in [-0.1, -0.05) is 12.8 Å². The van der Waals surface area contributed by atoms with Gasteiger partial charge in [-0.25, -0.2) is 4.98 Å². The zero-order valence-corrected chi connectivity index (χ0v) is 10.6. The van der Waals surface area contributed by atoms with E-state index in [1.807, 2.05) is 16.8 Å². The van der Waals surface area contributed by atoms with Crippen LogP contribution in [0.3, 0.4) is 0 Å². The Bertz CT molecular complexity index is 593. The second-order valence-corrected chi connectivity index (χ2v) is 5.04. The Morgan fingerprint density at radius 1 is 1.37 bits per heavy atom. The van der Waals surface area contributed by atoms with Crippen molar-refractivity contribution in [3.8, 4) is 0 Å². The van der Waals surface area contributed by atoms with Gasteiger partial charge in [-0.3, -0.25) is 4.79 Å². The molecule has 5 nitrogen and oxygen atoms in total. The first kappa shape index (κ1) is 12.2. The number of pyridine rings is 1. The Kier molecular flexibility index (Phi) is 3.21. The highest BCUT2D eigenvalue weighted by molar-refractivity contribution is 5.95. The van der Waals surface area contributed by atoms with E-state index >= 15 is 0 Å². The van der Waals surface area contributed by atoms with Crippen LogP contribution in [0.25, 0.3) is 5.65 Å². The molecule has 2 aromatic heterocycles. The molecular formula is C14H17N3O2. The Morgan fingerprint density at radius 3 is 3.05 bits per heavy atom. The fourth-order valence-corrected chi connectivity index (χ4v) is 2.58. The highest BCUT2D eigenvalue weighted by Gasteiger charge is 2.24. The maximum absolute atomic E-state index is 12.2. The van der Waals surface area contributed by atoms with Crippen LogP contribution < -0.4 is 5.32 Å². The summed E-state index contributed by atoms with van der Waals surface area (Å²) in [6.45, 7) is 0. The number of aliphatic hydroxyl groups excluding tert-OH is 1. The number of rotatable bonds is 2. The number of amides is 1. The molecule has 0 aromatic carbocycles. The summed E-state index contributed by atoms with van der Waals surface area (Å²) in [5.74, 6) is -0.142. The molecule has 2 atom stereocenters. The van der Waals surface area contributed by atoms with Crippen LogP contribution in [-0.2, 0) is 0 Å². The number of carbonyl (C=O) groups is 1. The summed E-state index contributed by atoms with van der Waals surface area (Å²) < 4.78 is 1.85. The second kappa shape index (κ2) is 5.01. The van der Waals surface area contributed by atoms with Crippen molar-refractivity contribution in [2.24, 2.45) is 0 Å². The molecule has 100 valence electrons. The predicted molar refractivity (Wildman–Crippen MR) is 70.9 cm³/mol. The van der Waals surface area contributed by atoms with Crippen molar-refractivity contribution in [3.05, 3.63) is 36.3 Å². The SMILES string of the molecule is O=C(NC1CCCCC1O)c1ccn2ccnc2c1. The Hall–Kier alpha value is -1.88. The number of imidazole rings is 1. The van der Waals surface area contributed by atoms with Gasteiger partial charge >= 0.3 is 0 Å². The Labute approximate surface area is 111 Å². The third kappa shape index (κ3) is 2.46. The molecular weight excluding hydrogens is 242 g/mol. The predicted octanol–water partition coefficient (Wildman–Crippen LogP) is 1.37. The Balaban J connectivity index is 1.75. The summed E-state index contributed by atoms with van der Waals surface area (Å²) >= 11 is 0. The summed E-state index contributed by atoms with van der Waals surface area (Å²) in [7, 11) is 0. The van der Waals surface area contributed by atoms with Crippen LogP contribution in [0.5, 0.6) is 0 Å². The van der Waals surface area contributed by atoms with Crippen molar-refractivity contribution in [3.63, 3.8) is 0 Å². The molecule has 1 aliphatic carbocycles. The summed E-state index contributed by atoms with van der Waals surface area (Å²) in [4.78, 5) is 16.3. The lowest BCUT2D eigenvalue weighted by Gasteiger charge is -2.28. The van der Waals surface area contributed by atoms with Crippen LogP contribution in [0.1, 0.15) is 36.0 Å². The molecule has 2 unspecified atom stereocenters. The van der Waals surface area contributed by atoms with Crippen LogP contribution in [0.2, 0.25) is 0 Å². The van der Waals surface area contributed by atoms with E-state index in [2.05, 4.69) is 10.3 Å². The molecule has 2 heterocycles. The van der Waals surface area contributed by atoms with Crippen molar-refractivity contribution in [1.82, 2.24) is 14.7 Å². The molecule has 0 saturated heterocycles. The highest BCUT2D eigenvalue weighted by atomic mass is 16.3. The number of nitrogens with one attached hydrogen (secondary N) is 1. The van der Waals surface area contributed by atoms with Crippen molar-refractivity contribution >= 4 is 11.6 Å². The van der Waals surface area contributed by atoms with E-state index < -0.39 is 6.10 Å². The van der Waals surface area contributed by atoms with Gasteiger partial charge in [0.15, 0.2) is 0 Å². The average Bonchev–Trinajstić information content (AvgIpc) is 2.88. The minimum atomic E-state index is -0.423. The molecule has 0 radical (unpaired) electrons. The molecule has 0 aliphatic heterocycles. The van der Waals surface area contributed by atoms with Gasteiger partial charge in [0.2, 0.25) is 0 Å². The summed E-state index contributed by atoms with van der Waals surface area (Å²) in [6.07, 6.45) is 8.63. The Morgan fingerprint density at radius 2 is 2.21 bits per heavy atom. The number of hydrogen-bond donors (Lipinski definition) is 2. The van der Waals surface area contributed by atoms with Gasteiger partial charge in [-0.2, -0.15) is 0 Å². The maximum atomic E-state index is 12.2. The lowest BCUT2D eigenvalue weighted by Crippen LogP contribution is -2.45. The van der Waals surface area contributed by atoms with Crippen LogP contribution >= 0.6 is 0 Å². The fraction of sp³-hybridized carbons (Fsp3) is 0.429. The first-order valence-electron chi connectivity index (χ1n) is 6.66. The molecule has 1 fully saturated rings. The zero-order valence-electron chi connectivity index (χ0n) is 10.6. The standard InChI is InChI=1S/C14H17N3O2/c18-12-4-2-1-3-11(12)16-14(19)10-5-7-17-8-6-15-13(17)9-10/h5-9,11-12,18H,1-4H2,(H,16,19). The molecule has 0 spiro atoms. The van der Waals surface area contributed by atoms with Crippen molar-refractivity contribution in [2.45, 2.75) is 37.8 Å². The molecule has 1 amide bonds. The maximum Gasteiger partial charge on any atom is 0.251 e. The van der Waals surface area contributed by atoms with E-state index in [-0.39, 0.29) is 11.9 Å². The van der Waals surface area contributed by atoms with Gasteiger partial charge in [0.25, 0.3) is 5.91 Å². The molecule has 19 heavy (non-hydrogen) atoms. The van der Waals surface area contributed by atoms with E-state index in [0.717, 1.165) is 31.3 Å². The molecule has 5 heteroatoms. The smallest absolute Gasteiger partial charge is 0.251 e. The zero-order chi connectivity index (χ0) is 13.2. The van der Waals surface area contributed by atoms with E-state index in [1.165, 1.54) is 0 Å². The van der Waals surface area contributed by atoms with Gasteiger partial charge in [0, 0.05) is 24.2 Å². The minimum Gasteiger partial charge on any atom is -0.391 e. The van der Waals surface area contributed by atoms with Crippen LogP contribution in [0.15, 0.2) is 30.7 Å². The van der Waals surface area contributed by atoms with Gasteiger partial charge in [0.05, 0.1) is 12.1 Å². The summed E-state index contributed by atoms with van der Waals surface area (Å²) in [5.41, 5.74) is 1.33. The van der Waals surface area contributed by atoms with Gasteiger partial charge in [0.1, 0.15) is 5.65 Å². The first-order chi connectivity index (χ1) is 9.24. The molecule has 1 saturated carbocycles. The second-order valence-electron chi connectivity index (χ2n) is 5.04. The summed E-state index contributed by atoms with van der Waals surface area (Å²) in [6, 6.07) is 3.39. The van der Waals surface area contributed by atoms with E-state index in [9.17, 15) is 9.90 Å². The number of hydrogen-bond acceptors (Lipinski definition) is 3. The normalized spacial score (nSPS) is 23.4. The van der Waals surface area contributed by atoms with Gasteiger partial charge in [-0.05, 0) is 25.0 Å². The molecule has 1 aliphatic rings. The number of fused-ring (bicyclic) bond motifs is 1.